The third kappa shape index (κ3) is 3.39. The second kappa shape index (κ2) is 6.39. The minimum absolute atomic E-state index is 0.111. The number of ether oxygens (including phenoxy) is 1. The van der Waals surface area contributed by atoms with Crippen molar-refractivity contribution >= 4 is 40.4 Å². The molecule has 0 unspecified atom stereocenters. The van der Waals surface area contributed by atoms with E-state index < -0.39 is 5.82 Å². The highest BCUT2D eigenvalue weighted by Crippen LogP contribution is 2.32. The van der Waals surface area contributed by atoms with Crippen molar-refractivity contribution in [1.82, 2.24) is 0 Å². The zero-order chi connectivity index (χ0) is 14.7. The predicted molar refractivity (Wildman–Crippen MR) is 83.1 cm³/mol. The van der Waals surface area contributed by atoms with E-state index in [1.165, 1.54) is 12.1 Å². The van der Waals surface area contributed by atoms with Gasteiger partial charge in [-0.15, -0.1) is 0 Å². The molecule has 2 aromatic carbocycles. The Morgan fingerprint density at radius 1 is 1.25 bits per heavy atom. The second-order valence-corrected chi connectivity index (χ2v) is 5.23. The lowest BCUT2D eigenvalue weighted by atomic mass is 10.1. The number of nitrogens with two attached hydrogens (primary N) is 1. The molecule has 0 atom stereocenters. The topological polar surface area (TPSA) is 35.2 Å². The van der Waals surface area contributed by atoms with Gasteiger partial charge < -0.3 is 10.5 Å². The van der Waals surface area contributed by atoms with Crippen molar-refractivity contribution in [3.05, 3.63) is 63.4 Å². The van der Waals surface area contributed by atoms with E-state index in [1.807, 2.05) is 0 Å². The SMILES string of the molecule is NC(=S)c1cc(F)ccc1COc1cccc(Cl)c1Cl. The maximum Gasteiger partial charge on any atom is 0.139 e. The third-order valence-corrected chi connectivity index (χ3v) is 3.66. The Labute approximate surface area is 131 Å². The molecule has 0 aliphatic rings. The Morgan fingerprint density at radius 2 is 2.00 bits per heavy atom. The molecule has 2 nitrogen and oxygen atoms in total. The number of hydrogen-bond donors (Lipinski definition) is 1. The summed E-state index contributed by atoms with van der Waals surface area (Å²) < 4.78 is 18.8. The van der Waals surface area contributed by atoms with Gasteiger partial charge in [0.05, 0.1) is 5.02 Å². The van der Waals surface area contributed by atoms with Crippen LogP contribution in [0.4, 0.5) is 4.39 Å². The summed E-state index contributed by atoms with van der Waals surface area (Å²) in [4.78, 5) is 0.111. The zero-order valence-corrected chi connectivity index (χ0v) is 12.5. The number of thiocarbonyl (C=S) groups is 1. The molecule has 0 spiro atoms. The molecular weight excluding hydrogens is 320 g/mol. The minimum atomic E-state index is -0.405. The van der Waals surface area contributed by atoms with Crippen LogP contribution in [-0.4, -0.2) is 4.99 Å². The fourth-order valence-corrected chi connectivity index (χ4v) is 2.19. The molecule has 0 fully saturated rings. The van der Waals surface area contributed by atoms with Gasteiger partial charge in [0.25, 0.3) is 0 Å². The van der Waals surface area contributed by atoms with Crippen LogP contribution in [0.2, 0.25) is 10.0 Å². The summed E-state index contributed by atoms with van der Waals surface area (Å²) >= 11 is 16.8. The Kier molecular flexibility index (Phi) is 4.81. The van der Waals surface area contributed by atoms with Gasteiger partial charge in [0, 0.05) is 5.56 Å². The third-order valence-electron chi connectivity index (χ3n) is 2.64. The summed E-state index contributed by atoms with van der Waals surface area (Å²) in [6.07, 6.45) is 0. The number of hydrogen-bond acceptors (Lipinski definition) is 2. The lowest BCUT2D eigenvalue weighted by molar-refractivity contribution is 0.306. The molecule has 0 aliphatic carbocycles. The lowest BCUT2D eigenvalue weighted by Gasteiger charge is -2.12. The van der Waals surface area contributed by atoms with Crippen molar-refractivity contribution in [3.63, 3.8) is 0 Å². The first kappa shape index (κ1) is 15.0. The molecule has 0 saturated carbocycles. The number of benzene rings is 2. The average molecular weight is 330 g/mol. The number of halogens is 3. The van der Waals surface area contributed by atoms with E-state index in [9.17, 15) is 4.39 Å². The van der Waals surface area contributed by atoms with Gasteiger partial charge in [-0.05, 0) is 29.8 Å². The summed E-state index contributed by atoms with van der Waals surface area (Å²) in [5.74, 6) is 0.0368. The van der Waals surface area contributed by atoms with Crippen molar-refractivity contribution in [3.8, 4) is 5.75 Å². The number of rotatable bonds is 4. The van der Waals surface area contributed by atoms with Crippen molar-refractivity contribution in [2.75, 3.05) is 0 Å². The smallest absolute Gasteiger partial charge is 0.139 e. The fourth-order valence-electron chi connectivity index (χ4n) is 1.65. The molecule has 0 aliphatic heterocycles. The molecule has 0 bridgehead atoms. The van der Waals surface area contributed by atoms with Crippen LogP contribution in [0.3, 0.4) is 0 Å². The Balaban J connectivity index is 2.23. The average Bonchev–Trinajstić information content (AvgIpc) is 2.41. The Morgan fingerprint density at radius 3 is 2.70 bits per heavy atom. The molecule has 0 aromatic heterocycles. The van der Waals surface area contributed by atoms with Crippen molar-refractivity contribution < 1.29 is 9.13 Å². The van der Waals surface area contributed by atoms with Crippen LogP contribution in [-0.2, 0) is 6.61 Å². The molecule has 20 heavy (non-hydrogen) atoms. The Bertz CT molecular complexity index is 664. The highest BCUT2D eigenvalue weighted by molar-refractivity contribution is 7.80. The largest absolute Gasteiger partial charge is 0.487 e. The van der Waals surface area contributed by atoms with Crippen molar-refractivity contribution in [2.24, 2.45) is 5.73 Å². The first-order valence-electron chi connectivity index (χ1n) is 5.64. The van der Waals surface area contributed by atoms with Gasteiger partial charge in [-0.2, -0.15) is 0 Å². The summed E-state index contributed by atoms with van der Waals surface area (Å²) in [6.45, 7) is 0.160. The van der Waals surface area contributed by atoms with Gasteiger partial charge in [-0.1, -0.05) is 47.6 Å². The van der Waals surface area contributed by atoms with Gasteiger partial charge >= 0.3 is 0 Å². The maximum atomic E-state index is 13.2. The van der Waals surface area contributed by atoms with Crippen molar-refractivity contribution in [1.29, 1.82) is 0 Å². The molecule has 6 heteroatoms. The second-order valence-electron chi connectivity index (χ2n) is 4.01. The first-order valence-corrected chi connectivity index (χ1v) is 6.80. The van der Waals surface area contributed by atoms with Crippen molar-refractivity contribution in [2.45, 2.75) is 6.61 Å². The molecule has 104 valence electrons. The van der Waals surface area contributed by atoms with Crippen LogP contribution in [0.5, 0.6) is 5.75 Å². The van der Waals surface area contributed by atoms with E-state index in [4.69, 9.17) is 45.9 Å². The Hall–Kier alpha value is -1.36. The van der Waals surface area contributed by atoms with Crippen LogP contribution in [0.15, 0.2) is 36.4 Å². The van der Waals surface area contributed by atoms with Crippen LogP contribution in [0.1, 0.15) is 11.1 Å². The molecule has 2 aromatic rings. The molecular formula is C14H10Cl2FNOS. The zero-order valence-electron chi connectivity index (χ0n) is 10.2. The van der Waals surface area contributed by atoms with Crippen LogP contribution in [0, 0.1) is 5.82 Å². The normalized spacial score (nSPS) is 10.3. The van der Waals surface area contributed by atoms with Gasteiger partial charge in [0.2, 0.25) is 0 Å². The first-order chi connectivity index (χ1) is 9.49. The van der Waals surface area contributed by atoms with E-state index in [1.54, 1.807) is 24.3 Å². The minimum Gasteiger partial charge on any atom is -0.487 e. The van der Waals surface area contributed by atoms with Gasteiger partial charge in [-0.3, -0.25) is 0 Å². The monoisotopic (exact) mass is 329 g/mol. The van der Waals surface area contributed by atoms with Crippen LogP contribution < -0.4 is 10.5 Å². The lowest BCUT2D eigenvalue weighted by Crippen LogP contribution is -2.14. The summed E-state index contributed by atoms with van der Waals surface area (Å²) in [6, 6.07) is 9.25. The van der Waals surface area contributed by atoms with E-state index in [2.05, 4.69) is 0 Å². The van der Waals surface area contributed by atoms with E-state index >= 15 is 0 Å². The molecule has 0 heterocycles. The molecule has 0 amide bonds. The molecule has 2 N–H and O–H groups in total. The highest BCUT2D eigenvalue weighted by Gasteiger charge is 2.10. The van der Waals surface area contributed by atoms with Crippen LogP contribution >= 0.6 is 35.4 Å². The predicted octanol–water partition coefficient (Wildman–Crippen LogP) is 4.35. The van der Waals surface area contributed by atoms with E-state index in [0.717, 1.165) is 0 Å². The van der Waals surface area contributed by atoms with Crippen LogP contribution in [0.25, 0.3) is 0 Å². The summed E-state index contributed by atoms with van der Waals surface area (Å²) in [5, 5.41) is 0.728. The molecule has 0 saturated heterocycles. The quantitative estimate of drug-likeness (QED) is 0.847. The van der Waals surface area contributed by atoms with Gasteiger partial charge in [-0.25, -0.2) is 4.39 Å². The summed E-state index contributed by atoms with van der Waals surface area (Å²) in [5.41, 5.74) is 6.69. The van der Waals surface area contributed by atoms with E-state index in [0.29, 0.717) is 26.9 Å². The summed E-state index contributed by atoms with van der Waals surface area (Å²) in [7, 11) is 0. The fraction of sp³-hybridized carbons (Fsp3) is 0.0714. The van der Waals surface area contributed by atoms with E-state index in [-0.39, 0.29) is 11.6 Å². The molecule has 0 radical (unpaired) electrons. The maximum absolute atomic E-state index is 13.2. The van der Waals surface area contributed by atoms with Gasteiger partial charge in [0.15, 0.2) is 0 Å². The van der Waals surface area contributed by atoms with Gasteiger partial charge in [0.1, 0.15) is 28.2 Å². The molecule has 2 rings (SSSR count). The highest BCUT2D eigenvalue weighted by atomic mass is 35.5. The standard InChI is InChI=1S/C14H10Cl2FNOS/c15-11-2-1-3-12(13(11)16)19-7-8-4-5-9(17)6-10(8)14(18)20/h1-6H,7H2,(H2,18,20).